The van der Waals surface area contributed by atoms with Gasteiger partial charge in [-0.3, -0.25) is 14.4 Å². The van der Waals surface area contributed by atoms with Crippen LogP contribution in [0.4, 0.5) is 0 Å². The Labute approximate surface area is 283 Å². The van der Waals surface area contributed by atoms with Gasteiger partial charge in [-0.1, -0.05) is 92.6 Å². The monoisotopic (exact) mass is 675 g/mol. The van der Waals surface area contributed by atoms with Gasteiger partial charge in [-0.05, 0) is 60.4 Å². The molecule has 0 fully saturated rings. The first-order valence-corrected chi connectivity index (χ1v) is 17.4. The molecule has 0 spiro atoms. The number of aliphatic hydroxyl groups is 2. The van der Waals surface area contributed by atoms with Crippen molar-refractivity contribution >= 4 is 28.1 Å². The summed E-state index contributed by atoms with van der Waals surface area (Å²) in [5.74, 6) is 0.604. The van der Waals surface area contributed by atoms with Crippen molar-refractivity contribution in [1.82, 2.24) is 14.9 Å². The molecule has 10 nitrogen and oxygen atoms in total. The summed E-state index contributed by atoms with van der Waals surface area (Å²) < 4.78 is 28.8. The summed E-state index contributed by atoms with van der Waals surface area (Å²) in [5, 5.41) is 25.1. The molecule has 0 aliphatic heterocycles. The summed E-state index contributed by atoms with van der Waals surface area (Å²) in [5.41, 5.74) is 2.06. The second kappa shape index (κ2) is 18.9. The first-order valence-electron chi connectivity index (χ1n) is 16.0. The maximum absolute atomic E-state index is 13.8. The average Bonchev–Trinajstić information content (AvgIpc) is 3.10. The molecule has 0 aliphatic rings. The van der Waals surface area contributed by atoms with Gasteiger partial charge in [0.1, 0.15) is 6.04 Å². The maximum Gasteiger partial charge on any atom is 0.284 e. The number of amides is 2. The molecule has 0 aromatic heterocycles. The molecule has 3 atom stereocenters. The van der Waals surface area contributed by atoms with Gasteiger partial charge in [0, 0.05) is 18.5 Å². The van der Waals surface area contributed by atoms with Crippen molar-refractivity contribution in [2.75, 3.05) is 13.2 Å². The van der Waals surface area contributed by atoms with Crippen molar-refractivity contribution in [3.63, 3.8) is 0 Å². The van der Waals surface area contributed by atoms with Crippen LogP contribution < -0.4 is 10.6 Å². The number of hydrogen-bond donors (Lipinski definition) is 4. The highest BCUT2D eigenvalue weighted by molar-refractivity contribution is 7.89. The molecular formula is C37H45N3O7S. The summed E-state index contributed by atoms with van der Waals surface area (Å²) in [4.78, 5) is 37.5. The molecule has 2 amide bonds. The molecule has 0 radical (unpaired) electrons. The molecule has 3 rings (SSSR count). The third-order valence-electron chi connectivity index (χ3n) is 8.14. The molecule has 4 N–H and O–H groups in total. The minimum atomic E-state index is -3.98. The van der Waals surface area contributed by atoms with Crippen LogP contribution in [0.25, 0.3) is 0 Å². The molecule has 0 saturated heterocycles. The average molecular weight is 676 g/mol. The molecule has 11 heteroatoms. The highest BCUT2D eigenvalue weighted by atomic mass is 32.2. The maximum atomic E-state index is 13.8. The molecule has 0 bridgehead atoms. The van der Waals surface area contributed by atoms with E-state index < -0.39 is 52.5 Å². The Hall–Kier alpha value is -4.34. The van der Waals surface area contributed by atoms with Crippen LogP contribution in [0.3, 0.4) is 0 Å². The van der Waals surface area contributed by atoms with Crippen molar-refractivity contribution < 1.29 is 33.0 Å². The van der Waals surface area contributed by atoms with Gasteiger partial charge in [-0.2, -0.15) is 4.31 Å². The molecule has 0 saturated carbocycles. The van der Waals surface area contributed by atoms with Gasteiger partial charge in [0.25, 0.3) is 5.91 Å². The molecule has 48 heavy (non-hydrogen) atoms. The van der Waals surface area contributed by atoms with Gasteiger partial charge in [0.05, 0.1) is 24.2 Å². The Kier molecular flexibility index (Phi) is 15.0. The normalized spacial score (nSPS) is 13.5. The fraction of sp³-hybridized carbons (Fsp3) is 0.378. The number of nitrogens with zero attached hydrogens (tertiary/aromatic N) is 1. The van der Waals surface area contributed by atoms with E-state index >= 15 is 0 Å². The summed E-state index contributed by atoms with van der Waals surface area (Å²) in [7, 11) is -3.98. The Morgan fingerprint density at radius 1 is 0.875 bits per heavy atom. The van der Waals surface area contributed by atoms with E-state index in [1.165, 1.54) is 16.4 Å². The van der Waals surface area contributed by atoms with E-state index in [1.54, 1.807) is 12.1 Å². The number of nitrogens with one attached hydrogen (secondary N) is 2. The second-order valence-electron chi connectivity index (χ2n) is 12.0. The molecule has 3 aromatic rings. The van der Waals surface area contributed by atoms with Crippen LogP contribution in [-0.2, 0) is 31.0 Å². The van der Waals surface area contributed by atoms with Crippen LogP contribution >= 0.6 is 0 Å². The molecular weight excluding hydrogens is 630 g/mol. The quantitative estimate of drug-likeness (QED) is 0.0864. The number of sulfonamides is 1. The summed E-state index contributed by atoms with van der Waals surface area (Å²) in [6.45, 7) is 3.53. The smallest absolute Gasteiger partial charge is 0.284 e. The van der Waals surface area contributed by atoms with Gasteiger partial charge >= 0.3 is 0 Å². The van der Waals surface area contributed by atoms with Crippen LogP contribution in [0.2, 0.25) is 0 Å². The largest absolute Gasteiger partial charge is 0.395 e. The van der Waals surface area contributed by atoms with Crippen LogP contribution in [-0.4, -0.2) is 72.3 Å². The fourth-order valence-electron chi connectivity index (χ4n) is 5.51. The summed E-state index contributed by atoms with van der Waals surface area (Å²) in [6, 6.07) is 21.5. The van der Waals surface area contributed by atoms with E-state index in [0.717, 1.165) is 11.1 Å². The van der Waals surface area contributed by atoms with Gasteiger partial charge in [0.15, 0.2) is 0 Å². The number of rotatable bonds is 19. The molecule has 0 aliphatic carbocycles. The van der Waals surface area contributed by atoms with E-state index in [9.17, 15) is 33.0 Å². The number of benzene rings is 3. The lowest BCUT2D eigenvalue weighted by Crippen LogP contribution is -2.52. The van der Waals surface area contributed by atoms with E-state index in [-0.39, 0.29) is 43.1 Å². The molecule has 3 aromatic carbocycles. The number of aliphatic hydroxyl groups excluding tert-OH is 2. The number of hydrogen-bond acceptors (Lipinski definition) is 7. The third kappa shape index (κ3) is 10.6. The number of carbonyl (C=O) groups excluding carboxylic acids is 3. The van der Waals surface area contributed by atoms with Gasteiger partial charge < -0.3 is 20.8 Å². The zero-order valence-corrected chi connectivity index (χ0v) is 28.2. The lowest BCUT2D eigenvalue weighted by Gasteiger charge is -2.31. The van der Waals surface area contributed by atoms with Gasteiger partial charge in [0.2, 0.25) is 22.2 Å². The second-order valence-corrected chi connectivity index (χ2v) is 13.9. The SMILES string of the molecule is C#C[C@@H](CCC[C@@H](CO)N(CCC(C)C)S(=O)(=O)c1ccc(CO)cc1)NC(=O)[C@@H](NC(=O)C=O)C(c1ccccc1)c1ccccc1. The molecule has 0 unspecified atom stereocenters. The van der Waals surface area contributed by atoms with E-state index in [2.05, 4.69) is 16.6 Å². The molecule has 256 valence electrons. The van der Waals surface area contributed by atoms with Crippen LogP contribution in [0.15, 0.2) is 89.8 Å². The zero-order chi connectivity index (χ0) is 35.1. The first kappa shape index (κ1) is 38.1. The van der Waals surface area contributed by atoms with Crippen LogP contribution in [0.5, 0.6) is 0 Å². The van der Waals surface area contributed by atoms with Crippen LogP contribution in [0, 0.1) is 18.3 Å². The zero-order valence-electron chi connectivity index (χ0n) is 27.4. The fourth-order valence-corrected chi connectivity index (χ4v) is 7.18. The van der Waals surface area contributed by atoms with Crippen molar-refractivity contribution in [1.29, 1.82) is 0 Å². The lowest BCUT2D eigenvalue weighted by molar-refractivity contribution is -0.134. The first-order chi connectivity index (χ1) is 23.0. The van der Waals surface area contributed by atoms with E-state index in [1.807, 2.05) is 74.5 Å². The highest BCUT2D eigenvalue weighted by Gasteiger charge is 2.34. The predicted octanol–water partition coefficient (Wildman–Crippen LogP) is 3.38. The van der Waals surface area contributed by atoms with Crippen LogP contribution in [0.1, 0.15) is 62.1 Å². The molecule has 0 heterocycles. The number of aldehydes is 1. The van der Waals surface area contributed by atoms with Gasteiger partial charge in [-0.15, -0.1) is 6.42 Å². The number of carbonyl (C=O) groups is 3. The Bertz CT molecular complexity index is 1570. The minimum absolute atomic E-state index is 0.0606. The minimum Gasteiger partial charge on any atom is -0.395 e. The Morgan fingerprint density at radius 3 is 1.94 bits per heavy atom. The van der Waals surface area contributed by atoms with Crippen molar-refractivity contribution in [3.8, 4) is 12.3 Å². The topological polar surface area (TPSA) is 153 Å². The predicted molar refractivity (Wildman–Crippen MR) is 184 cm³/mol. The standard InChI is InChI=1S/C37H45N3O7S/c1-4-31(16-11-17-32(25-42)40(23-22-27(2)3)48(46,47)33-20-18-28(24-41)19-21-33)38-37(45)36(39-34(44)26-43)35(29-12-7-5-8-13-29)30-14-9-6-10-15-30/h1,5-10,12-15,18-21,26-27,31-32,35-36,41-42H,11,16-17,22-25H2,2-3H3,(H,38,45)(H,39,44)/t31-,32-,36-/m0/s1. The summed E-state index contributed by atoms with van der Waals surface area (Å²) >= 11 is 0. The van der Waals surface area contributed by atoms with Gasteiger partial charge in [-0.25, -0.2) is 8.42 Å². The third-order valence-corrected chi connectivity index (χ3v) is 10.1. The van der Waals surface area contributed by atoms with Crippen molar-refractivity contribution in [3.05, 3.63) is 102 Å². The van der Waals surface area contributed by atoms with E-state index in [4.69, 9.17) is 6.42 Å². The summed E-state index contributed by atoms with van der Waals surface area (Å²) in [6.07, 6.45) is 7.40. The Morgan fingerprint density at radius 2 is 1.46 bits per heavy atom. The lowest BCUT2D eigenvalue weighted by atomic mass is 9.84. The Balaban J connectivity index is 1.80. The van der Waals surface area contributed by atoms with Crippen molar-refractivity contribution in [2.45, 2.75) is 75.1 Å². The van der Waals surface area contributed by atoms with E-state index in [0.29, 0.717) is 18.4 Å². The van der Waals surface area contributed by atoms with Crippen molar-refractivity contribution in [2.24, 2.45) is 5.92 Å². The number of terminal acetylenes is 1. The highest BCUT2D eigenvalue weighted by Crippen LogP contribution is 2.29.